The van der Waals surface area contributed by atoms with Crippen LogP contribution >= 0.6 is 23.6 Å². The highest BCUT2D eigenvalue weighted by Gasteiger charge is 2.32. The van der Waals surface area contributed by atoms with Gasteiger partial charge in [-0.25, -0.2) is 17.6 Å². The molecule has 0 saturated carbocycles. The van der Waals surface area contributed by atoms with E-state index in [1.165, 1.54) is 24.1 Å². The van der Waals surface area contributed by atoms with Gasteiger partial charge in [-0.1, -0.05) is 23.6 Å². The van der Waals surface area contributed by atoms with E-state index in [-0.39, 0.29) is 18.7 Å². The molecule has 0 unspecified atom stereocenters. The Hall–Kier alpha value is -2.22. The standard InChI is InChI=1S/C17H20FN5O4S3/c1-10(28)19-7-12-8-23(17(24)27-12)11-4-5-13(14(18)6-11)16-21-20-15(29-16)9-22(2)30(3,25)26/h4-6,12H,7-9H2,1-3H3,(H,19,28)/t12-/m0/s1. The van der Waals surface area contributed by atoms with Crippen LogP contribution in [0.5, 0.6) is 0 Å². The number of thiocarbonyl (C=S) groups is 1. The van der Waals surface area contributed by atoms with Gasteiger partial charge in [0.2, 0.25) is 10.0 Å². The van der Waals surface area contributed by atoms with E-state index >= 15 is 0 Å². The molecule has 162 valence electrons. The summed E-state index contributed by atoms with van der Waals surface area (Å²) in [6.07, 6.45) is 0.141. The van der Waals surface area contributed by atoms with Crippen LogP contribution in [-0.4, -0.2) is 66.5 Å². The summed E-state index contributed by atoms with van der Waals surface area (Å²) in [5, 5.41) is 11.6. The topological polar surface area (TPSA) is 105 Å². The average molecular weight is 474 g/mol. The van der Waals surface area contributed by atoms with E-state index in [0.717, 1.165) is 21.9 Å². The molecule has 1 atom stereocenters. The lowest BCUT2D eigenvalue weighted by Gasteiger charge is -2.14. The first-order valence-electron chi connectivity index (χ1n) is 8.81. The molecule has 1 aliphatic rings. The molecular formula is C17H20FN5O4S3. The van der Waals surface area contributed by atoms with Gasteiger partial charge in [-0.3, -0.25) is 4.90 Å². The number of carbonyl (C=O) groups excluding carboxylic acids is 1. The lowest BCUT2D eigenvalue weighted by molar-refractivity contribution is 0.143. The lowest BCUT2D eigenvalue weighted by Crippen LogP contribution is -2.32. The Morgan fingerprint density at radius 3 is 2.83 bits per heavy atom. The summed E-state index contributed by atoms with van der Waals surface area (Å²) in [6.45, 7) is 2.43. The molecule has 30 heavy (non-hydrogen) atoms. The van der Waals surface area contributed by atoms with Crippen molar-refractivity contribution >= 4 is 50.3 Å². The van der Waals surface area contributed by atoms with Gasteiger partial charge in [0.05, 0.1) is 36.6 Å². The van der Waals surface area contributed by atoms with Crippen LogP contribution in [0.25, 0.3) is 10.6 Å². The highest BCUT2D eigenvalue weighted by Crippen LogP contribution is 2.31. The van der Waals surface area contributed by atoms with Crippen LogP contribution in [0.3, 0.4) is 0 Å². The summed E-state index contributed by atoms with van der Waals surface area (Å²) in [6, 6.07) is 4.35. The van der Waals surface area contributed by atoms with Crippen molar-refractivity contribution in [2.45, 2.75) is 19.6 Å². The van der Waals surface area contributed by atoms with Gasteiger partial charge >= 0.3 is 6.09 Å². The lowest BCUT2D eigenvalue weighted by atomic mass is 10.2. The molecule has 0 aliphatic carbocycles. The monoisotopic (exact) mass is 473 g/mol. The number of hydrogen-bond donors (Lipinski definition) is 1. The van der Waals surface area contributed by atoms with Crippen molar-refractivity contribution in [3.63, 3.8) is 0 Å². The summed E-state index contributed by atoms with van der Waals surface area (Å²) < 4.78 is 44.2. The maximum Gasteiger partial charge on any atom is 0.414 e. The third kappa shape index (κ3) is 5.28. The van der Waals surface area contributed by atoms with Crippen molar-refractivity contribution in [1.82, 2.24) is 19.8 Å². The predicted molar refractivity (Wildman–Crippen MR) is 116 cm³/mol. The molecular weight excluding hydrogens is 453 g/mol. The van der Waals surface area contributed by atoms with Gasteiger partial charge in [-0.05, 0) is 25.1 Å². The van der Waals surface area contributed by atoms with Crippen LogP contribution in [0, 0.1) is 5.82 Å². The second-order valence-corrected chi connectivity index (χ2v) is 10.5. The van der Waals surface area contributed by atoms with Crippen LogP contribution in [-0.2, 0) is 21.3 Å². The summed E-state index contributed by atoms with van der Waals surface area (Å²) in [4.78, 5) is 14.1. The van der Waals surface area contributed by atoms with Crippen molar-refractivity contribution in [3.05, 3.63) is 29.0 Å². The smallest absolute Gasteiger partial charge is 0.414 e. The number of nitrogens with one attached hydrogen (secondary N) is 1. The first-order chi connectivity index (χ1) is 14.0. The molecule has 0 radical (unpaired) electrons. The minimum Gasteiger partial charge on any atom is -0.442 e. The summed E-state index contributed by atoms with van der Waals surface area (Å²) in [5.41, 5.74) is 0.580. The zero-order valence-corrected chi connectivity index (χ0v) is 18.9. The Balaban J connectivity index is 1.73. The van der Waals surface area contributed by atoms with E-state index in [9.17, 15) is 17.6 Å². The number of carbonyl (C=O) groups is 1. The van der Waals surface area contributed by atoms with Crippen molar-refractivity contribution in [2.75, 3.05) is 31.3 Å². The van der Waals surface area contributed by atoms with Gasteiger partial charge in [0.25, 0.3) is 0 Å². The minimum atomic E-state index is -3.36. The van der Waals surface area contributed by atoms with E-state index in [4.69, 9.17) is 17.0 Å². The number of nitrogens with zero attached hydrogens (tertiary/aromatic N) is 4. The first kappa shape index (κ1) is 22.5. The number of benzene rings is 1. The van der Waals surface area contributed by atoms with Crippen LogP contribution in [0.1, 0.15) is 11.9 Å². The largest absolute Gasteiger partial charge is 0.442 e. The highest BCUT2D eigenvalue weighted by atomic mass is 32.2. The van der Waals surface area contributed by atoms with E-state index in [1.54, 1.807) is 13.0 Å². The van der Waals surface area contributed by atoms with Crippen LogP contribution < -0.4 is 10.2 Å². The molecule has 0 bridgehead atoms. The molecule has 1 aromatic carbocycles. The molecule has 2 heterocycles. The molecule has 3 rings (SSSR count). The molecule has 1 saturated heterocycles. The van der Waals surface area contributed by atoms with Crippen molar-refractivity contribution in [3.8, 4) is 10.6 Å². The van der Waals surface area contributed by atoms with Gasteiger partial charge < -0.3 is 10.1 Å². The van der Waals surface area contributed by atoms with Crippen molar-refractivity contribution < 1.29 is 22.3 Å². The van der Waals surface area contributed by atoms with Crippen molar-refractivity contribution in [1.29, 1.82) is 0 Å². The minimum absolute atomic E-state index is 0.0481. The molecule has 1 aliphatic heterocycles. The van der Waals surface area contributed by atoms with Crippen LogP contribution in [0.2, 0.25) is 0 Å². The van der Waals surface area contributed by atoms with Gasteiger partial charge in [-0.2, -0.15) is 4.31 Å². The van der Waals surface area contributed by atoms with Crippen LogP contribution in [0.15, 0.2) is 18.2 Å². The molecule has 9 nitrogen and oxygen atoms in total. The van der Waals surface area contributed by atoms with Gasteiger partial charge in [-0.15, -0.1) is 10.2 Å². The zero-order valence-electron chi connectivity index (χ0n) is 16.5. The maximum absolute atomic E-state index is 14.8. The normalized spacial score (nSPS) is 16.8. The number of cyclic esters (lactones) is 1. The summed E-state index contributed by atoms with van der Waals surface area (Å²) >= 11 is 6.04. The molecule has 1 fully saturated rings. The van der Waals surface area contributed by atoms with Gasteiger partial charge in [0, 0.05) is 12.6 Å². The highest BCUT2D eigenvalue weighted by molar-refractivity contribution is 7.88. The second-order valence-electron chi connectivity index (χ2n) is 6.74. The maximum atomic E-state index is 14.8. The molecule has 0 spiro atoms. The molecule has 1 aromatic heterocycles. The molecule has 1 amide bonds. The summed E-state index contributed by atoms with van der Waals surface area (Å²) in [7, 11) is -1.93. The fraction of sp³-hybridized carbons (Fsp3) is 0.412. The Labute approximate surface area is 182 Å². The van der Waals surface area contributed by atoms with E-state index in [0.29, 0.717) is 27.2 Å². The first-order valence-corrected chi connectivity index (χ1v) is 11.9. The fourth-order valence-electron chi connectivity index (χ4n) is 2.68. The number of amides is 1. The third-order valence-corrected chi connectivity index (χ3v) is 6.69. The van der Waals surface area contributed by atoms with Gasteiger partial charge in [0.15, 0.2) is 5.01 Å². The second kappa shape index (κ2) is 8.88. The predicted octanol–water partition coefficient (Wildman–Crippen LogP) is 2.00. The van der Waals surface area contributed by atoms with E-state index in [1.807, 2.05) is 0 Å². The number of anilines is 1. The molecule has 1 N–H and O–H groups in total. The SMILES string of the molecule is CC(=S)NC[C@H]1CN(c2ccc(-c3nnc(CN(C)S(C)(=O)=O)s3)c(F)c2)C(=O)O1. The number of ether oxygens (including phenoxy) is 1. The Kier molecular flexibility index (Phi) is 6.65. The number of rotatable bonds is 7. The number of halogens is 1. The number of hydrogen-bond acceptors (Lipinski definition) is 8. The number of sulfonamides is 1. The summed E-state index contributed by atoms with van der Waals surface area (Å²) in [5.74, 6) is -0.573. The Morgan fingerprint density at radius 2 is 2.20 bits per heavy atom. The zero-order chi connectivity index (χ0) is 22.1. The number of aromatic nitrogens is 2. The average Bonchev–Trinajstić information content (AvgIpc) is 3.25. The van der Waals surface area contributed by atoms with Crippen molar-refractivity contribution in [2.24, 2.45) is 0 Å². The fourth-order valence-corrected chi connectivity index (χ4v) is 4.12. The quantitative estimate of drug-likeness (QED) is 0.609. The van der Waals surface area contributed by atoms with Gasteiger partial charge in [0.1, 0.15) is 16.9 Å². The Morgan fingerprint density at radius 1 is 1.47 bits per heavy atom. The Bertz CT molecular complexity index is 1080. The van der Waals surface area contributed by atoms with E-state index in [2.05, 4.69) is 15.5 Å². The van der Waals surface area contributed by atoms with Crippen LogP contribution in [0.4, 0.5) is 14.9 Å². The molecule has 2 aromatic rings. The molecule has 13 heteroatoms. The van der Waals surface area contributed by atoms with E-state index < -0.39 is 28.0 Å². The third-order valence-electron chi connectivity index (χ3n) is 4.34.